The molecule has 1 atom stereocenters. The molecule has 2 N–H and O–H groups in total. The molecular formula is C17H24N2O. The van der Waals surface area contributed by atoms with Crippen LogP contribution in [0.15, 0.2) is 30.3 Å². The van der Waals surface area contributed by atoms with E-state index >= 15 is 0 Å². The molecule has 0 spiro atoms. The standard InChI is InChI=1S/C17H24N2O/c1-3-5-10-14(8-4-2)18-17(20)16-12-13-9-6-7-11-15(13)19-16/h6-7,9,11-12,14,19H,3-5,8,10H2,1-2H3,(H,18,20). The van der Waals surface area contributed by atoms with Gasteiger partial charge < -0.3 is 10.3 Å². The van der Waals surface area contributed by atoms with Crippen molar-refractivity contribution in [2.75, 3.05) is 0 Å². The molecule has 3 heteroatoms. The van der Waals surface area contributed by atoms with Gasteiger partial charge in [-0.15, -0.1) is 0 Å². The lowest BCUT2D eigenvalue weighted by Crippen LogP contribution is -2.34. The molecule has 1 heterocycles. The molecule has 2 aromatic rings. The lowest BCUT2D eigenvalue weighted by Gasteiger charge is -2.17. The lowest BCUT2D eigenvalue weighted by molar-refractivity contribution is 0.0928. The molecular weight excluding hydrogens is 248 g/mol. The quantitative estimate of drug-likeness (QED) is 0.777. The summed E-state index contributed by atoms with van der Waals surface area (Å²) in [5, 5.41) is 4.24. The third-order valence-corrected chi connectivity index (χ3v) is 3.65. The van der Waals surface area contributed by atoms with Crippen molar-refractivity contribution in [2.45, 2.75) is 52.0 Å². The predicted molar refractivity (Wildman–Crippen MR) is 84.0 cm³/mol. The Morgan fingerprint density at radius 2 is 2.00 bits per heavy atom. The van der Waals surface area contributed by atoms with Crippen molar-refractivity contribution in [2.24, 2.45) is 0 Å². The zero-order valence-electron chi connectivity index (χ0n) is 12.4. The van der Waals surface area contributed by atoms with Crippen LogP contribution in [0.5, 0.6) is 0 Å². The third kappa shape index (κ3) is 3.62. The van der Waals surface area contributed by atoms with Gasteiger partial charge in [-0.1, -0.05) is 51.3 Å². The number of unbranched alkanes of at least 4 members (excludes halogenated alkanes) is 1. The third-order valence-electron chi connectivity index (χ3n) is 3.65. The fourth-order valence-electron chi connectivity index (χ4n) is 2.55. The summed E-state index contributed by atoms with van der Waals surface area (Å²) in [5.74, 6) is 0.00996. The van der Waals surface area contributed by atoms with Crippen molar-refractivity contribution in [3.63, 3.8) is 0 Å². The summed E-state index contributed by atoms with van der Waals surface area (Å²) < 4.78 is 0. The number of amides is 1. The maximum absolute atomic E-state index is 12.3. The van der Waals surface area contributed by atoms with E-state index in [9.17, 15) is 4.79 Å². The van der Waals surface area contributed by atoms with Crippen LogP contribution < -0.4 is 5.32 Å². The molecule has 0 aliphatic rings. The summed E-state index contributed by atoms with van der Waals surface area (Å²) in [6.07, 6.45) is 5.55. The fraction of sp³-hybridized carbons (Fsp3) is 0.471. The minimum atomic E-state index is 0.00996. The van der Waals surface area contributed by atoms with Crippen LogP contribution in [0.2, 0.25) is 0 Å². The summed E-state index contributed by atoms with van der Waals surface area (Å²) in [7, 11) is 0. The summed E-state index contributed by atoms with van der Waals surface area (Å²) in [4.78, 5) is 15.5. The van der Waals surface area contributed by atoms with E-state index in [1.165, 1.54) is 6.42 Å². The first-order chi connectivity index (χ1) is 9.74. The minimum absolute atomic E-state index is 0.00996. The van der Waals surface area contributed by atoms with Crippen molar-refractivity contribution in [1.82, 2.24) is 10.3 Å². The number of H-pyrrole nitrogens is 1. The van der Waals surface area contributed by atoms with E-state index in [4.69, 9.17) is 0 Å². The number of aromatic nitrogens is 1. The normalized spacial score (nSPS) is 12.5. The van der Waals surface area contributed by atoms with Gasteiger partial charge in [0, 0.05) is 16.9 Å². The van der Waals surface area contributed by atoms with Crippen LogP contribution in [0.25, 0.3) is 10.9 Å². The first kappa shape index (κ1) is 14.6. The zero-order valence-corrected chi connectivity index (χ0v) is 12.4. The Morgan fingerprint density at radius 1 is 1.20 bits per heavy atom. The van der Waals surface area contributed by atoms with Crippen LogP contribution in [0.1, 0.15) is 56.4 Å². The Bertz CT molecular complexity index is 526. The monoisotopic (exact) mass is 272 g/mol. The first-order valence-electron chi connectivity index (χ1n) is 7.63. The number of nitrogens with one attached hydrogen (secondary N) is 2. The molecule has 0 aliphatic carbocycles. The second-order valence-electron chi connectivity index (χ2n) is 5.37. The van der Waals surface area contributed by atoms with Crippen molar-refractivity contribution in [3.8, 4) is 0 Å². The molecule has 0 radical (unpaired) electrons. The fourth-order valence-corrected chi connectivity index (χ4v) is 2.55. The van der Waals surface area contributed by atoms with Crippen molar-refractivity contribution < 1.29 is 4.79 Å². The molecule has 0 saturated carbocycles. The van der Waals surface area contributed by atoms with E-state index in [0.717, 1.165) is 36.6 Å². The highest BCUT2D eigenvalue weighted by Gasteiger charge is 2.14. The van der Waals surface area contributed by atoms with Crippen LogP contribution in [-0.4, -0.2) is 16.9 Å². The Balaban J connectivity index is 2.05. The van der Waals surface area contributed by atoms with Gasteiger partial charge in [0.1, 0.15) is 5.69 Å². The summed E-state index contributed by atoms with van der Waals surface area (Å²) >= 11 is 0. The van der Waals surface area contributed by atoms with Gasteiger partial charge in [-0.3, -0.25) is 4.79 Å². The summed E-state index contributed by atoms with van der Waals surface area (Å²) in [5.41, 5.74) is 1.67. The summed E-state index contributed by atoms with van der Waals surface area (Å²) in [6, 6.07) is 10.2. The van der Waals surface area contributed by atoms with Gasteiger partial charge in [0.25, 0.3) is 5.91 Å². The van der Waals surface area contributed by atoms with Crippen LogP contribution in [-0.2, 0) is 0 Å². The number of hydrogen-bond donors (Lipinski definition) is 2. The van der Waals surface area contributed by atoms with Gasteiger partial charge in [-0.2, -0.15) is 0 Å². The number of benzene rings is 1. The summed E-state index contributed by atoms with van der Waals surface area (Å²) in [6.45, 7) is 4.34. The molecule has 1 amide bonds. The second kappa shape index (κ2) is 7.13. The molecule has 1 aromatic carbocycles. The van der Waals surface area contributed by atoms with Gasteiger partial charge in [0.05, 0.1) is 0 Å². The highest BCUT2D eigenvalue weighted by Crippen LogP contribution is 2.15. The second-order valence-corrected chi connectivity index (χ2v) is 5.37. The number of hydrogen-bond acceptors (Lipinski definition) is 1. The molecule has 0 aliphatic heterocycles. The number of carbonyl (C=O) groups is 1. The van der Waals surface area contributed by atoms with E-state index in [1.807, 2.05) is 30.3 Å². The van der Waals surface area contributed by atoms with Gasteiger partial charge in [0.2, 0.25) is 0 Å². The average molecular weight is 272 g/mol. The molecule has 0 bridgehead atoms. The highest BCUT2D eigenvalue weighted by atomic mass is 16.1. The van der Waals surface area contributed by atoms with Crippen LogP contribution in [0.4, 0.5) is 0 Å². The van der Waals surface area contributed by atoms with Gasteiger partial charge >= 0.3 is 0 Å². The molecule has 1 unspecified atom stereocenters. The maximum atomic E-state index is 12.3. The number of aromatic amines is 1. The van der Waals surface area contributed by atoms with Crippen molar-refractivity contribution >= 4 is 16.8 Å². The van der Waals surface area contributed by atoms with E-state index in [-0.39, 0.29) is 5.91 Å². The van der Waals surface area contributed by atoms with Gasteiger partial charge in [-0.05, 0) is 25.0 Å². The minimum Gasteiger partial charge on any atom is -0.351 e. The van der Waals surface area contributed by atoms with E-state index < -0.39 is 0 Å². The van der Waals surface area contributed by atoms with Gasteiger partial charge in [-0.25, -0.2) is 0 Å². The number of para-hydroxylation sites is 1. The van der Waals surface area contributed by atoms with Crippen molar-refractivity contribution in [1.29, 1.82) is 0 Å². The zero-order chi connectivity index (χ0) is 14.4. The lowest BCUT2D eigenvalue weighted by atomic mass is 10.1. The largest absolute Gasteiger partial charge is 0.351 e. The van der Waals surface area contributed by atoms with E-state index in [2.05, 4.69) is 24.1 Å². The molecule has 3 nitrogen and oxygen atoms in total. The van der Waals surface area contributed by atoms with Crippen LogP contribution in [0, 0.1) is 0 Å². The molecule has 2 rings (SSSR count). The van der Waals surface area contributed by atoms with E-state index in [1.54, 1.807) is 0 Å². The Labute approximate surface area is 120 Å². The molecule has 108 valence electrons. The number of rotatable bonds is 7. The molecule has 20 heavy (non-hydrogen) atoms. The van der Waals surface area contributed by atoms with Gasteiger partial charge in [0.15, 0.2) is 0 Å². The van der Waals surface area contributed by atoms with Crippen LogP contribution >= 0.6 is 0 Å². The number of fused-ring (bicyclic) bond motifs is 1. The molecule has 0 saturated heterocycles. The van der Waals surface area contributed by atoms with Crippen molar-refractivity contribution in [3.05, 3.63) is 36.0 Å². The SMILES string of the molecule is CCCCC(CCC)NC(=O)c1cc2ccccc2[nH]1. The molecule has 1 aromatic heterocycles. The smallest absolute Gasteiger partial charge is 0.267 e. The van der Waals surface area contributed by atoms with Crippen LogP contribution in [0.3, 0.4) is 0 Å². The number of carbonyl (C=O) groups excluding carboxylic acids is 1. The Morgan fingerprint density at radius 3 is 2.70 bits per heavy atom. The first-order valence-corrected chi connectivity index (χ1v) is 7.63. The Hall–Kier alpha value is -1.77. The Kier molecular flexibility index (Phi) is 5.22. The highest BCUT2D eigenvalue weighted by molar-refractivity contribution is 5.98. The molecule has 0 fully saturated rings. The average Bonchev–Trinajstić information content (AvgIpc) is 2.89. The maximum Gasteiger partial charge on any atom is 0.267 e. The topological polar surface area (TPSA) is 44.9 Å². The predicted octanol–water partition coefficient (Wildman–Crippen LogP) is 4.26. The van der Waals surface area contributed by atoms with E-state index in [0.29, 0.717) is 11.7 Å².